The van der Waals surface area contributed by atoms with Crippen LogP contribution < -0.4 is 4.74 Å². The van der Waals surface area contributed by atoms with Crippen LogP contribution in [0.4, 0.5) is 0 Å². The number of fused-ring (bicyclic) bond motifs is 1. The van der Waals surface area contributed by atoms with Crippen molar-refractivity contribution in [3.8, 4) is 5.75 Å². The summed E-state index contributed by atoms with van der Waals surface area (Å²) < 4.78 is 7.52. The molecule has 1 N–H and O–H groups in total. The average Bonchev–Trinajstić information content (AvgIpc) is 2.88. The average molecular weight is 316 g/mol. The Morgan fingerprint density at radius 2 is 2.22 bits per heavy atom. The van der Waals surface area contributed by atoms with Gasteiger partial charge >= 0.3 is 5.97 Å². The van der Waals surface area contributed by atoms with Gasteiger partial charge in [0.25, 0.3) is 0 Å². The molecule has 1 aromatic heterocycles. The topological polar surface area (TPSA) is 80.5 Å². The van der Waals surface area contributed by atoms with Gasteiger partial charge in [-0.1, -0.05) is 18.2 Å². The predicted octanol–water partition coefficient (Wildman–Crippen LogP) is 1.88. The van der Waals surface area contributed by atoms with Crippen LogP contribution in [0.15, 0.2) is 30.6 Å². The fourth-order valence-corrected chi connectivity index (χ4v) is 2.90. The molecule has 122 valence electrons. The van der Waals surface area contributed by atoms with Gasteiger partial charge in [-0.3, -0.25) is 9.69 Å². The molecule has 0 amide bonds. The van der Waals surface area contributed by atoms with E-state index in [1.54, 1.807) is 6.07 Å². The first-order valence-electron chi connectivity index (χ1n) is 7.65. The van der Waals surface area contributed by atoms with Crippen LogP contribution in [0.5, 0.6) is 5.75 Å². The highest BCUT2D eigenvalue weighted by Gasteiger charge is 2.33. The van der Waals surface area contributed by atoms with Crippen LogP contribution in [-0.4, -0.2) is 43.9 Å². The van der Waals surface area contributed by atoms with Gasteiger partial charge in [-0.25, -0.2) is 9.67 Å². The number of aliphatic carboxylic acids is 1. The summed E-state index contributed by atoms with van der Waals surface area (Å²) in [6.45, 7) is 5.40. The van der Waals surface area contributed by atoms with Crippen LogP contribution >= 0.6 is 0 Å². The quantitative estimate of drug-likeness (QED) is 0.927. The van der Waals surface area contributed by atoms with Gasteiger partial charge in [0, 0.05) is 18.2 Å². The molecule has 7 nitrogen and oxygen atoms in total. The molecule has 0 saturated carbocycles. The molecule has 0 fully saturated rings. The molecular formula is C16H20N4O3. The summed E-state index contributed by atoms with van der Waals surface area (Å²) in [5.41, 5.74) is 0.674. The fraction of sp³-hybridized carbons (Fsp3) is 0.438. The van der Waals surface area contributed by atoms with Crippen molar-refractivity contribution in [1.82, 2.24) is 19.7 Å². The molecule has 1 atom stereocenters. The molecule has 7 heteroatoms. The van der Waals surface area contributed by atoms with E-state index in [2.05, 4.69) is 10.1 Å². The second-order valence-electron chi connectivity index (χ2n) is 5.81. The number of carbonyl (C=O) groups is 1. The fourth-order valence-electron chi connectivity index (χ4n) is 2.90. The SMILES string of the molecule is CC(C)n1ncnc1CN1CCOc2ccccc2C1C(=O)O. The van der Waals surface area contributed by atoms with E-state index in [-0.39, 0.29) is 6.04 Å². The molecule has 3 rings (SSSR count). The van der Waals surface area contributed by atoms with Crippen molar-refractivity contribution < 1.29 is 14.6 Å². The molecule has 0 radical (unpaired) electrons. The van der Waals surface area contributed by atoms with Crippen molar-refractivity contribution in [2.45, 2.75) is 32.5 Å². The van der Waals surface area contributed by atoms with Gasteiger partial charge in [-0.2, -0.15) is 5.10 Å². The Morgan fingerprint density at radius 1 is 1.43 bits per heavy atom. The summed E-state index contributed by atoms with van der Waals surface area (Å²) in [5.74, 6) is 0.497. The van der Waals surface area contributed by atoms with Crippen LogP contribution in [0.2, 0.25) is 0 Å². The number of benzene rings is 1. The molecule has 0 saturated heterocycles. The lowest BCUT2D eigenvalue weighted by molar-refractivity contribution is -0.143. The first-order chi connectivity index (χ1) is 11.1. The standard InChI is InChI=1S/C16H20N4O3/c1-11(2)20-14(17-10-18-20)9-19-7-8-23-13-6-4-3-5-12(13)15(19)16(21)22/h3-6,10-11,15H,7-9H2,1-2H3,(H,21,22). The van der Waals surface area contributed by atoms with Gasteiger partial charge < -0.3 is 9.84 Å². The highest BCUT2D eigenvalue weighted by molar-refractivity contribution is 5.76. The van der Waals surface area contributed by atoms with Crippen molar-refractivity contribution in [1.29, 1.82) is 0 Å². The Bertz CT molecular complexity index is 698. The van der Waals surface area contributed by atoms with Crippen molar-refractivity contribution in [2.24, 2.45) is 0 Å². The lowest BCUT2D eigenvalue weighted by Crippen LogP contribution is -2.35. The van der Waals surface area contributed by atoms with E-state index >= 15 is 0 Å². The number of nitrogens with zero attached hydrogens (tertiary/aromatic N) is 4. The molecule has 1 aliphatic rings. The Morgan fingerprint density at radius 3 is 2.96 bits per heavy atom. The Kier molecular flexibility index (Phi) is 4.29. The lowest BCUT2D eigenvalue weighted by Gasteiger charge is -2.26. The first-order valence-corrected chi connectivity index (χ1v) is 7.65. The third-order valence-corrected chi connectivity index (χ3v) is 3.93. The zero-order chi connectivity index (χ0) is 16.4. The van der Waals surface area contributed by atoms with E-state index < -0.39 is 12.0 Å². The second-order valence-corrected chi connectivity index (χ2v) is 5.81. The molecule has 2 heterocycles. The van der Waals surface area contributed by atoms with Crippen molar-refractivity contribution >= 4 is 5.97 Å². The first kappa shape index (κ1) is 15.5. The van der Waals surface area contributed by atoms with E-state index in [1.165, 1.54) is 6.33 Å². The summed E-state index contributed by atoms with van der Waals surface area (Å²) in [7, 11) is 0. The van der Waals surface area contributed by atoms with Crippen molar-refractivity contribution in [2.75, 3.05) is 13.2 Å². The molecule has 1 unspecified atom stereocenters. The summed E-state index contributed by atoms with van der Waals surface area (Å²) in [5, 5.41) is 14.0. The molecule has 0 spiro atoms. The number of carboxylic acids is 1. The van der Waals surface area contributed by atoms with Gasteiger partial charge in [-0.05, 0) is 19.9 Å². The van der Waals surface area contributed by atoms with E-state index in [0.29, 0.717) is 31.0 Å². The Hall–Kier alpha value is -2.41. The van der Waals surface area contributed by atoms with Gasteiger partial charge in [0.05, 0.1) is 6.54 Å². The second kappa shape index (κ2) is 6.37. The van der Waals surface area contributed by atoms with Gasteiger partial charge in [0.15, 0.2) is 0 Å². The van der Waals surface area contributed by atoms with Crippen LogP contribution in [0, 0.1) is 0 Å². The molecule has 0 bridgehead atoms. The van der Waals surface area contributed by atoms with E-state index in [4.69, 9.17) is 4.74 Å². The highest BCUT2D eigenvalue weighted by atomic mass is 16.5. The van der Waals surface area contributed by atoms with Crippen LogP contribution in [0.1, 0.15) is 37.3 Å². The monoisotopic (exact) mass is 316 g/mol. The maximum Gasteiger partial charge on any atom is 0.325 e. The van der Waals surface area contributed by atoms with Crippen LogP contribution in [0.3, 0.4) is 0 Å². The maximum atomic E-state index is 11.9. The molecule has 1 aromatic carbocycles. The van der Waals surface area contributed by atoms with E-state index in [9.17, 15) is 9.90 Å². The maximum absolute atomic E-state index is 11.9. The molecule has 1 aliphatic heterocycles. The van der Waals surface area contributed by atoms with E-state index in [1.807, 2.05) is 41.6 Å². The highest BCUT2D eigenvalue weighted by Crippen LogP contribution is 2.32. The van der Waals surface area contributed by atoms with E-state index in [0.717, 1.165) is 5.82 Å². The summed E-state index contributed by atoms with van der Waals surface area (Å²) in [4.78, 5) is 18.0. The minimum Gasteiger partial charge on any atom is -0.492 e. The Labute approximate surface area is 134 Å². The van der Waals surface area contributed by atoms with Gasteiger partial charge in [0.2, 0.25) is 0 Å². The number of hydrogen-bond donors (Lipinski definition) is 1. The number of aromatic nitrogens is 3. The zero-order valence-electron chi connectivity index (χ0n) is 13.2. The molecular weight excluding hydrogens is 296 g/mol. The van der Waals surface area contributed by atoms with Gasteiger partial charge in [-0.15, -0.1) is 0 Å². The number of hydrogen-bond acceptors (Lipinski definition) is 5. The third-order valence-electron chi connectivity index (χ3n) is 3.93. The largest absolute Gasteiger partial charge is 0.492 e. The number of rotatable bonds is 4. The molecule has 23 heavy (non-hydrogen) atoms. The lowest BCUT2D eigenvalue weighted by atomic mass is 10.0. The van der Waals surface area contributed by atoms with Crippen molar-refractivity contribution in [3.63, 3.8) is 0 Å². The third kappa shape index (κ3) is 3.05. The predicted molar refractivity (Wildman–Crippen MR) is 83.1 cm³/mol. The number of para-hydroxylation sites is 1. The minimum absolute atomic E-state index is 0.172. The number of ether oxygens (including phenoxy) is 1. The minimum atomic E-state index is -0.890. The Balaban J connectivity index is 1.94. The van der Waals surface area contributed by atoms with Crippen LogP contribution in [0.25, 0.3) is 0 Å². The normalized spacial score (nSPS) is 18.3. The summed E-state index contributed by atoms with van der Waals surface area (Å²) >= 11 is 0. The smallest absolute Gasteiger partial charge is 0.325 e. The summed E-state index contributed by atoms with van der Waals surface area (Å²) in [6.07, 6.45) is 1.51. The number of carboxylic acid groups (broad SMARTS) is 1. The summed E-state index contributed by atoms with van der Waals surface area (Å²) in [6, 6.07) is 6.71. The van der Waals surface area contributed by atoms with Gasteiger partial charge in [0.1, 0.15) is 30.5 Å². The van der Waals surface area contributed by atoms with Crippen LogP contribution in [-0.2, 0) is 11.3 Å². The molecule has 0 aliphatic carbocycles. The molecule has 2 aromatic rings. The zero-order valence-corrected chi connectivity index (χ0v) is 13.2. The van der Waals surface area contributed by atoms with Crippen molar-refractivity contribution in [3.05, 3.63) is 42.0 Å².